The summed E-state index contributed by atoms with van der Waals surface area (Å²) in [7, 11) is 0. The molecule has 92 valence electrons. The van der Waals surface area contributed by atoms with Crippen LogP contribution in [0.15, 0.2) is 48.5 Å². The van der Waals surface area contributed by atoms with Gasteiger partial charge in [0.15, 0.2) is 0 Å². The summed E-state index contributed by atoms with van der Waals surface area (Å²) in [4.78, 5) is 11.8. The second-order valence-corrected chi connectivity index (χ2v) is 4.33. The van der Waals surface area contributed by atoms with Gasteiger partial charge in [-0.05, 0) is 48.4 Å². The topological polar surface area (TPSA) is 26.3 Å². The van der Waals surface area contributed by atoms with E-state index in [1.807, 2.05) is 12.1 Å². The van der Waals surface area contributed by atoms with Crippen LogP contribution in [-0.2, 0) is 6.42 Å². The summed E-state index contributed by atoms with van der Waals surface area (Å²) >= 11 is 5.76. The molecule has 0 bridgehead atoms. The van der Waals surface area contributed by atoms with Crippen molar-refractivity contribution in [2.45, 2.75) is 13.3 Å². The van der Waals surface area contributed by atoms with E-state index in [1.165, 1.54) is 5.56 Å². The highest BCUT2D eigenvalue weighted by molar-refractivity contribution is 6.30. The minimum atomic E-state index is -0.361. The van der Waals surface area contributed by atoms with Crippen molar-refractivity contribution in [2.24, 2.45) is 0 Å². The van der Waals surface area contributed by atoms with Crippen molar-refractivity contribution in [2.75, 3.05) is 0 Å². The highest BCUT2D eigenvalue weighted by atomic mass is 35.5. The second-order valence-electron chi connectivity index (χ2n) is 3.89. The van der Waals surface area contributed by atoms with Gasteiger partial charge in [0.25, 0.3) is 0 Å². The van der Waals surface area contributed by atoms with Crippen LogP contribution in [0.4, 0.5) is 0 Å². The van der Waals surface area contributed by atoms with Gasteiger partial charge in [-0.25, -0.2) is 4.79 Å². The van der Waals surface area contributed by atoms with Gasteiger partial charge in [-0.15, -0.1) is 0 Å². The molecule has 0 saturated heterocycles. The number of halogens is 1. The molecule has 0 spiro atoms. The number of rotatable bonds is 3. The summed E-state index contributed by atoms with van der Waals surface area (Å²) in [6.07, 6.45) is 0.951. The van der Waals surface area contributed by atoms with E-state index in [1.54, 1.807) is 36.4 Å². The van der Waals surface area contributed by atoms with Crippen LogP contribution in [-0.4, -0.2) is 5.97 Å². The first-order valence-electron chi connectivity index (χ1n) is 5.75. The zero-order valence-electron chi connectivity index (χ0n) is 10.0. The van der Waals surface area contributed by atoms with Crippen molar-refractivity contribution < 1.29 is 9.53 Å². The van der Waals surface area contributed by atoms with Crippen molar-refractivity contribution in [1.29, 1.82) is 0 Å². The van der Waals surface area contributed by atoms with Gasteiger partial charge < -0.3 is 4.74 Å². The molecular weight excluding hydrogens is 248 g/mol. The smallest absolute Gasteiger partial charge is 0.343 e. The summed E-state index contributed by atoms with van der Waals surface area (Å²) < 4.78 is 5.23. The number of hydrogen-bond donors (Lipinski definition) is 0. The Morgan fingerprint density at radius 1 is 1.06 bits per heavy atom. The third-order valence-electron chi connectivity index (χ3n) is 2.62. The van der Waals surface area contributed by atoms with Crippen LogP contribution in [0.2, 0.25) is 5.02 Å². The van der Waals surface area contributed by atoms with Gasteiger partial charge in [-0.2, -0.15) is 0 Å². The standard InChI is InChI=1S/C15H13ClO2/c1-2-11-3-5-12(6-4-11)15(17)18-14-9-7-13(16)8-10-14/h3-10H,2H2,1H3. The van der Waals surface area contributed by atoms with Crippen LogP contribution < -0.4 is 4.74 Å². The molecule has 2 aromatic rings. The van der Waals surface area contributed by atoms with Gasteiger partial charge in [-0.3, -0.25) is 0 Å². The van der Waals surface area contributed by atoms with Gasteiger partial charge in [0.2, 0.25) is 0 Å². The van der Waals surface area contributed by atoms with E-state index in [9.17, 15) is 4.79 Å². The van der Waals surface area contributed by atoms with E-state index >= 15 is 0 Å². The molecule has 3 heteroatoms. The average molecular weight is 261 g/mol. The lowest BCUT2D eigenvalue weighted by Gasteiger charge is -2.05. The summed E-state index contributed by atoms with van der Waals surface area (Å²) in [6, 6.07) is 14.1. The molecule has 0 unspecified atom stereocenters. The molecular formula is C15H13ClO2. The van der Waals surface area contributed by atoms with Crippen molar-refractivity contribution in [3.8, 4) is 5.75 Å². The minimum absolute atomic E-state index is 0.361. The lowest BCUT2D eigenvalue weighted by atomic mass is 10.1. The fraction of sp³-hybridized carbons (Fsp3) is 0.133. The van der Waals surface area contributed by atoms with Crippen LogP contribution in [0.5, 0.6) is 5.75 Å². The summed E-state index contributed by atoms with van der Waals surface area (Å²) in [6.45, 7) is 2.07. The Bertz CT molecular complexity index is 529. The first kappa shape index (κ1) is 12.7. The Balaban J connectivity index is 2.09. The number of ether oxygens (including phenoxy) is 1. The molecule has 0 aliphatic carbocycles. The number of hydrogen-bond acceptors (Lipinski definition) is 2. The van der Waals surface area contributed by atoms with Crippen molar-refractivity contribution in [1.82, 2.24) is 0 Å². The van der Waals surface area contributed by atoms with Crippen LogP contribution in [0, 0.1) is 0 Å². The maximum absolute atomic E-state index is 11.8. The van der Waals surface area contributed by atoms with E-state index in [2.05, 4.69) is 6.92 Å². The Kier molecular flexibility index (Phi) is 4.00. The minimum Gasteiger partial charge on any atom is -0.423 e. The van der Waals surface area contributed by atoms with Crippen LogP contribution in [0.1, 0.15) is 22.8 Å². The van der Waals surface area contributed by atoms with Crippen LogP contribution >= 0.6 is 11.6 Å². The molecule has 0 saturated carbocycles. The van der Waals surface area contributed by atoms with Crippen molar-refractivity contribution >= 4 is 17.6 Å². The lowest BCUT2D eigenvalue weighted by molar-refractivity contribution is 0.0735. The van der Waals surface area contributed by atoms with Crippen LogP contribution in [0.3, 0.4) is 0 Å². The van der Waals surface area contributed by atoms with Gasteiger partial charge in [-0.1, -0.05) is 30.7 Å². The molecule has 0 atom stereocenters. The molecule has 2 rings (SSSR count). The first-order valence-corrected chi connectivity index (χ1v) is 6.13. The molecule has 0 heterocycles. The van der Waals surface area contributed by atoms with E-state index in [-0.39, 0.29) is 5.97 Å². The molecule has 0 N–H and O–H groups in total. The number of carbonyl (C=O) groups excluding carboxylic acids is 1. The number of benzene rings is 2. The van der Waals surface area contributed by atoms with Crippen LogP contribution in [0.25, 0.3) is 0 Å². The Labute approximate surface area is 111 Å². The molecule has 0 amide bonds. The zero-order valence-corrected chi connectivity index (χ0v) is 10.8. The predicted octanol–water partition coefficient (Wildman–Crippen LogP) is 4.12. The Morgan fingerprint density at radius 2 is 1.67 bits per heavy atom. The van der Waals surface area contributed by atoms with E-state index < -0.39 is 0 Å². The monoisotopic (exact) mass is 260 g/mol. The van der Waals surface area contributed by atoms with E-state index in [4.69, 9.17) is 16.3 Å². The Morgan fingerprint density at radius 3 is 2.22 bits per heavy atom. The highest BCUT2D eigenvalue weighted by Crippen LogP contribution is 2.17. The number of carbonyl (C=O) groups is 1. The average Bonchev–Trinajstić information content (AvgIpc) is 2.41. The maximum Gasteiger partial charge on any atom is 0.343 e. The predicted molar refractivity (Wildman–Crippen MR) is 72.2 cm³/mol. The van der Waals surface area contributed by atoms with Gasteiger partial charge in [0, 0.05) is 5.02 Å². The Hall–Kier alpha value is -1.80. The van der Waals surface area contributed by atoms with Gasteiger partial charge >= 0.3 is 5.97 Å². The summed E-state index contributed by atoms with van der Waals surface area (Å²) in [5.74, 6) is 0.129. The fourth-order valence-corrected chi connectivity index (χ4v) is 1.67. The first-order chi connectivity index (χ1) is 8.69. The van der Waals surface area contributed by atoms with Gasteiger partial charge in [0.1, 0.15) is 5.75 Å². The molecule has 0 aliphatic rings. The molecule has 2 aromatic carbocycles. The third kappa shape index (κ3) is 3.11. The molecule has 18 heavy (non-hydrogen) atoms. The molecule has 0 fully saturated rings. The lowest BCUT2D eigenvalue weighted by Crippen LogP contribution is -2.08. The van der Waals surface area contributed by atoms with E-state index in [0.29, 0.717) is 16.3 Å². The third-order valence-corrected chi connectivity index (χ3v) is 2.87. The maximum atomic E-state index is 11.8. The second kappa shape index (κ2) is 5.69. The quantitative estimate of drug-likeness (QED) is 0.613. The molecule has 0 aliphatic heterocycles. The van der Waals surface area contributed by atoms with Crippen molar-refractivity contribution in [3.05, 3.63) is 64.7 Å². The molecule has 0 radical (unpaired) electrons. The largest absolute Gasteiger partial charge is 0.423 e. The SMILES string of the molecule is CCc1ccc(C(=O)Oc2ccc(Cl)cc2)cc1. The molecule has 0 aromatic heterocycles. The number of esters is 1. The number of aryl methyl sites for hydroxylation is 1. The summed E-state index contributed by atoms with van der Waals surface area (Å²) in [5, 5.41) is 0.613. The summed E-state index contributed by atoms with van der Waals surface area (Å²) in [5.41, 5.74) is 1.74. The van der Waals surface area contributed by atoms with Crippen molar-refractivity contribution in [3.63, 3.8) is 0 Å². The normalized spacial score (nSPS) is 10.1. The zero-order chi connectivity index (χ0) is 13.0. The highest BCUT2D eigenvalue weighted by Gasteiger charge is 2.08. The van der Waals surface area contributed by atoms with E-state index in [0.717, 1.165) is 6.42 Å². The fourth-order valence-electron chi connectivity index (χ4n) is 1.55. The van der Waals surface area contributed by atoms with Gasteiger partial charge in [0.05, 0.1) is 5.56 Å². The molecule has 2 nitrogen and oxygen atoms in total.